The van der Waals surface area contributed by atoms with Crippen LogP contribution in [0.5, 0.6) is 5.75 Å². The molecule has 2 aromatic rings. The molecule has 0 fully saturated rings. The van der Waals surface area contributed by atoms with Gasteiger partial charge in [-0.15, -0.1) is 0 Å². The molecule has 7 heteroatoms. The lowest BCUT2D eigenvalue weighted by Gasteiger charge is -2.16. The lowest BCUT2D eigenvalue weighted by Crippen LogP contribution is -2.44. The standard InChI is InChI=1S/C22H25NO6/c1-3-16-9-11-18(12-10-16)28-15-21(25)29-14-20(24)23-19(22(26)27-2)13-17-7-5-4-6-8-17/h4-12,19H,3,13-15H2,1-2H3,(H,23,24). The van der Waals surface area contributed by atoms with Gasteiger partial charge in [-0.2, -0.15) is 0 Å². The summed E-state index contributed by atoms with van der Waals surface area (Å²) in [6.07, 6.45) is 1.18. The number of nitrogens with one attached hydrogen (secondary N) is 1. The first-order valence-electron chi connectivity index (χ1n) is 9.30. The van der Waals surface area contributed by atoms with Crippen LogP contribution in [0.1, 0.15) is 18.1 Å². The van der Waals surface area contributed by atoms with Crippen LogP contribution in [0.25, 0.3) is 0 Å². The molecule has 154 valence electrons. The Morgan fingerprint density at radius 1 is 0.931 bits per heavy atom. The molecule has 2 aromatic carbocycles. The van der Waals surface area contributed by atoms with Gasteiger partial charge in [0.15, 0.2) is 13.2 Å². The number of esters is 2. The summed E-state index contributed by atoms with van der Waals surface area (Å²) in [5.74, 6) is -1.32. The van der Waals surface area contributed by atoms with Crippen LogP contribution in [-0.2, 0) is 36.7 Å². The fourth-order valence-electron chi connectivity index (χ4n) is 2.57. The zero-order valence-corrected chi connectivity index (χ0v) is 16.6. The van der Waals surface area contributed by atoms with Crippen LogP contribution < -0.4 is 10.1 Å². The third kappa shape index (κ3) is 7.65. The summed E-state index contributed by atoms with van der Waals surface area (Å²) in [6.45, 7) is 1.21. The smallest absolute Gasteiger partial charge is 0.344 e. The number of carbonyl (C=O) groups is 3. The van der Waals surface area contributed by atoms with Gasteiger partial charge in [0.1, 0.15) is 11.8 Å². The molecule has 0 spiro atoms. The van der Waals surface area contributed by atoms with Crippen molar-refractivity contribution >= 4 is 17.8 Å². The van der Waals surface area contributed by atoms with Gasteiger partial charge in [-0.1, -0.05) is 49.4 Å². The first-order valence-corrected chi connectivity index (χ1v) is 9.30. The summed E-state index contributed by atoms with van der Waals surface area (Å²) in [4.78, 5) is 35.8. The average molecular weight is 399 g/mol. The van der Waals surface area contributed by atoms with Crippen molar-refractivity contribution in [1.82, 2.24) is 5.32 Å². The molecule has 29 heavy (non-hydrogen) atoms. The fourth-order valence-corrected chi connectivity index (χ4v) is 2.57. The molecule has 0 bridgehead atoms. The molecular formula is C22H25NO6. The predicted molar refractivity (Wildman–Crippen MR) is 106 cm³/mol. The van der Waals surface area contributed by atoms with Crippen LogP contribution in [-0.4, -0.2) is 44.2 Å². The largest absolute Gasteiger partial charge is 0.482 e. The van der Waals surface area contributed by atoms with E-state index >= 15 is 0 Å². The Hall–Kier alpha value is -3.35. The van der Waals surface area contributed by atoms with Crippen molar-refractivity contribution in [3.05, 3.63) is 65.7 Å². The number of hydrogen-bond acceptors (Lipinski definition) is 6. The number of ether oxygens (including phenoxy) is 3. The molecule has 1 atom stereocenters. The van der Waals surface area contributed by atoms with Crippen molar-refractivity contribution in [2.45, 2.75) is 25.8 Å². The molecule has 0 aliphatic rings. The van der Waals surface area contributed by atoms with Gasteiger partial charge in [0.2, 0.25) is 0 Å². The fraction of sp³-hybridized carbons (Fsp3) is 0.318. The maximum atomic E-state index is 12.1. The molecule has 0 aromatic heterocycles. The minimum Gasteiger partial charge on any atom is -0.482 e. The first kappa shape index (κ1) is 21.9. The number of benzene rings is 2. The van der Waals surface area contributed by atoms with E-state index in [1.807, 2.05) is 49.4 Å². The molecule has 0 saturated heterocycles. The number of rotatable bonds is 10. The summed E-state index contributed by atoms with van der Waals surface area (Å²) in [6, 6.07) is 15.7. The van der Waals surface area contributed by atoms with E-state index < -0.39 is 30.5 Å². The van der Waals surface area contributed by atoms with Crippen LogP contribution in [0.3, 0.4) is 0 Å². The Morgan fingerprint density at radius 3 is 2.24 bits per heavy atom. The highest BCUT2D eigenvalue weighted by Gasteiger charge is 2.22. The minimum atomic E-state index is -0.873. The Bertz CT molecular complexity index is 804. The second-order valence-electron chi connectivity index (χ2n) is 6.28. The molecular weight excluding hydrogens is 374 g/mol. The summed E-state index contributed by atoms with van der Waals surface area (Å²) >= 11 is 0. The Balaban J connectivity index is 1.78. The lowest BCUT2D eigenvalue weighted by atomic mass is 10.1. The zero-order valence-electron chi connectivity index (χ0n) is 16.6. The van der Waals surface area contributed by atoms with E-state index in [0.717, 1.165) is 17.5 Å². The monoisotopic (exact) mass is 399 g/mol. The van der Waals surface area contributed by atoms with E-state index in [-0.39, 0.29) is 13.0 Å². The molecule has 1 unspecified atom stereocenters. The van der Waals surface area contributed by atoms with Gasteiger partial charge in [0.25, 0.3) is 5.91 Å². The van der Waals surface area contributed by atoms with Crippen molar-refractivity contribution in [2.24, 2.45) is 0 Å². The summed E-state index contributed by atoms with van der Waals surface area (Å²) < 4.78 is 15.0. The molecule has 2 rings (SSSR count). The Morgan fingerprint density at radius 2 is 1.62 bits per heavy atom. The van der Waals surface area contributed by atoms with E-state index in [4.69, 9.17) is 14.2 Å². The number of carbonyl (C=O) groups excluding carboxylic acids is 3. The maximum Gasteiger partial charge on any atom is 0.344 e. The second kappa shape index (κ2) is 11.5. The van der Waals surface area contributed by atoms with Gasteiger partial charge in [-0.25, -0.2) is 9.59 Å². The maximum absolute atomic E-state index is 12.1. The van der Waals surface area contributed by atoms with Gasteiger partial charge >= 0.3 is 11.9 Å². The van der Waals surface area contributed by atoms with E-state index in [1.165, 1.54) is 7.11 Å². The molecule has 0 aliphatic heterocycles. The van der Waals surface area contributed by atoms with Gasteiger partial charge in [0.05, 0.1) is 7.11 Å². The first-order chi connectivity index (χ1) is 14.0. The van der Waals surface area contributed by atoms with Crippen molar-refractivity contribution in [3.63, 3.8) is 0 Å². The Kier molecular flexibility index (Phi) is 8.69. The highest BCUT2D eigenvalue weighted by atomic mass is 16.6. The quantitative estimate of drug-likeness (QED) is 0.615. The zero-order chi connectivity index (χ0) is 21.1. The van der Waals surface area contributed by atoms with E-state index in [9.17, 15) is 14.4 Å². The number of hydrogen-bond donors (Lipinski definition) is 1. The van der Waals surface area contributed by atoms with Crippen LogP contribution in [0.2, 0.25) is 0 Å². The molecule has 0 saturated carbocycles. The Labute approximate surface area is 170 Å². The number of methoxy groups -OCH3 is 1. The predicted octanol–water partition coefficient (Wildman–Crippen LogP) is 2.07. The molecule has 7 nitrogen and oxygen atoms in total. The average Bonchev–Trinajstić information content (AvgIpc) is 2.76. The van der Waals surface area contributed by atoms with Crippen LogP contribution >= 0.6 is 0 Å². The third-order valence-corrected chi connectivity index (χ3v) is 4.16. The van der Waals surface area contributed by atoms with Crippen molar-refractivity contribution in [3.8, 4) is 5.75 Å². The minimum absolute atomic E-state index is 0.268. The molecule has 1 amide bonds. The lowest BCUT2D eigenvalue weighted by molar-refractivity contribution is -0.151. The van der Waals surface area contributed by atoms with Gasteiger partial charge in [-0.05, 0) is 29.7 Å². The highest BCUT2D eigenvalue weighted by molar-refractivity contribution is 5.86. The summed E-state index contributed by atoms with van der Waals surface area (Å²) in [5, 5.41) is 2.53. The van der Waals surface area contributed by atoms with Crippen LogP contribution in [0.15, 0.2) is 54.6 Å². The van der Waals surface area contributed by atoms with Crippen molar-refractivity contribution in [2.75, 3.05) is 20.3 Å². The molecule has 1 N–H and O–H groups in total. The summed E-state index contributed by atoms with van der Waals surface area (Å²) in [7, 11) is 1.25. The third-order valence-electron chi connectivity index (χ3n) is 4.16. The normalized spacial score (nSPS) is 11.2. The van der Waals surface area contributed by atoms with Crippen molar-refractivity contribution < 1.29 is 28.6 Å². The molecule has 0 radical (unpaired) electrons. The number of aryl methyl sites for hydroxylation is 1. The van der Waals surface area contributed by atoms with Crippen molar-refractivity contribution in [1.29, 1.82) is 0 Å². The number of amides is 1. The van der Waals surface area contributed by atoms with Gasteiger partial charge in [0, 0.05) is 6.42 Å². The van der Waals surface area contributed by atoms with Gasteiger partial charge in [-0.3, -0.25) is 4.79 Å². The highest BCUT2D eigenvalue weighted by Crippen LogP contribution is 2.12. The van der Waals surface area contributed by atoms with E-state index in [1.54, 1.807) is 12.1 Å². The van der Waals surface area contributed by atoms with Gasteiger partial charge < -0.3 is 19.5 Å². The van der Waals surface area contributed by atoms with E-state index in [2.05, 4.69) is 5.32 Å². The van der Waals surface area contributed by atoms with Crippen LogP contribution in [0.4, 0.5) is 0 Å². The second-order valence-corrected chi connectivity index (χ2v) is 6.28. The van der Waals surface area contributed by atoms with E-state index in [0.29, 0.717) is 5.75 Å². The van der Waals surface area contributed by atoms with Crippen LogP contribution in [0, 0.1) is 0 Å². The molecule has 0 aliphatic carbocycles. The topological polar surface area (TPSA) is 90.9 Å². The SMILES string of the molecule is CCc1ccc(OCC(=O)OCC(=O)NC(Cc2ccccc2)C(=O)OC)cc1. The summed E-state index contributed by atoms with van der Waals surface area (Å²) in [5.41, 5.74) is 2.02. The molecule has 0 heterocycles.